The molecule has 0 spiro atoms. The SMILES string of the molecule is Cc1ccc([C@]2(c3ccccc3)NC(=O)N(CN3CCN(C(=O)C4CC4)CC3)C2=O)cc1C. The Bertz CT molecular complexity index is 1090. The molecule has 5 rings (SSSR count). The lowest BCUT2D eigenvalue weighted by atomic mass is 9.81. The van der Waals surface area contributed by atoms with Crippen LogP contribution in [0.2, 0.25) is 0 Å². The zero-order valence-corrected chi connectivity index (χ0v) is 19.2. The summed E-state index contributed by atoms with van der Waals surface area (Å²) in [6.07, 6.45) is 2.00. The molecule has 172 valence electrons. The first kappa shape index (κ1) is 21.6. The summed E-state index contributed by atoms with van der Waals surface area (Å²) in [7, 11) is 0. The minimum Gasteiger partial charge on any atom is -0.340 e. The van der Waals surface area contributed by atoms with Crippen LogP contribution in [0.5, 0.6) is 0 Å². The summed E-state index contributed by atoms with van der Waals surface area (Å²) in [5, 5.41) is 3.03. The van der Waals surface area contributed by atoms with Gasteiger partial charge in [0.05, 0.1) is 6.67 Å². The van der Waals surface area contributed by atoms with Crippen molar-refractivity contribution in [2.24, 2.45) is 5.92 Å². The van der Waals surface area contributed by atoms with Crippen LogP contribution in [-0.4, -0.2) is 65.4 Å². The van der Waals surface area contributed by atoms with Crippen LogP contribution in [-0.2, 0) is 15.1 Å². The van der Waals surface area contributed by atoms with Crippen molar-refractivity contribution in [3.8, 4) is 0 Å². The number of carbonyl (C=O) groups is 3. The molecule has 2 aromatic rings. The average Bonchev–Trinajstić information content (AvgIpc) is 3.65. The topological polar surface area (TPSA) is 73.0 Å². The molecule has 33 heavy (non-hydrogen) atoms. The van der Waals surface area contributed by atoms with Crippen molar-refractivity contribution >= 4 is 17.8 Å². The summed E-state index contributed by atoms with van der Waals surface area (Å²) in [4.78, 5) is 44.7. The summed E-state index contributed by atoms with van der Waals surface area (Å²) in [5.41, 5.74) is 2.46. The highest BCUT2D eigenvalue weighted by molar-refractivity contribution is 6.09. The maximum absolute atomic E-state index is 13.9. The fraction of sp³-hybridized carbons (Fsp3) is 0.423. The standard InChI is InChI=1S/C26H30N4O3/c1-18-8-11-22(16-19(18)2)26(21-6-4-3-5-7-21)24(32)30(25(33)27-26)17-28-12-14-29(15-13-28)23(31)20-9-10-20/h3-8,11,16,20H,9-10,12-15,17H2,1-2H3,(H,27,33)/t26-/m0/s1. The number of carbonyl (C=O) groups excluding carboxylic acids is 3. The minimum absolute atomic E-state index is 0.215. The van der Waals surface area contributed by atoms with Crippen LogP contribution in [0.4, 0.5) is 4.79 Å². The molecule has 2 heterocycles. The molecule has 2 saturated heterocycles. The minimum atomic E-state index is -1.25. The van der Waals surface area contributed by atoms with Crippen LogP contribution in [0.25, 0.3) is 0 Å². The molecule has 0 unspecified atom stereocenters. The molecule has 7 nitrogen and oxygen atoms in total. The van der Waals surface area contributed by atoms with Gasteiger partial charge in [0.2, 0.25) is 5.91 Å². The number of rotatable bonds is 5. The molecular formula is C26H30N4O3. The number of amides is 4. The van der Waals surface area contributed by atoms with Gasteiger partial charge < -0.3 is 10.2 Å². The molecule has 1 N–H and O–H groups in total. The van der Waals surface area contributed by atoms with Gasteiger partial charge in [-0.3, -0.25) is 14.5 Å². The van der Waals surface area contributed by atoms with Crippen molar-refractivity contribution in [3.63, 3.8) is 0 Å². The molecule has 1 aliphatic carbocycles. The fourth-order valence-electron chi connectivity index (χ4n) is 4.82. The van der Waals surface area contributed by atoms with Gasteiger partial charge in [-0.05, 0) is 48.9 Å². The molecule has 0 aromatic heterocycles. The van der Waals surface area contributed by atoms with E-state index in [0.29, 0.717) is 26.2 Å². The zero-order chi connectivity index (χ0) is 23.2. The molecule has 2 aliphatic heterocycles. The second-order valence-electron chi connectivity index (χ2n) is 9.44. The van der Waals surface area contributed by atoms with E-state index in [1.165, 1.54) is 4.90 Å². The van der Waals surface area contributed by atoms with E-state index < -0.39 is 11.6 Å². The number of aryl methyl sites for hydroxylation is 2. The van der Waals surface area contributed by atoms with Crippen LogP contribution < -0.4 is 5.32 Å². The van der Waals surface area contributed by atoms with Crippen LogP contribution in [0.3, 0.4) is 0 Å². The molecule has 7 heteroatoms. The molecule has 1 saturated carbocycles. The van der Waals surface area contributed by atoms with E-state index in [1.54, 1.807) is 0 Å². The van der Waals surface area contributed by atoms with E-state index in [1.807, 2.05) is 67.3 Å². The van der Waals surface area contributed by atoms with E-state index in [2.05, 4.69) is 10.2 Å². The average molecular weight is 447 g/mol. The van der Waals surface area contributed by atoms with E-state index in [-0.39, 0.29) is 24.4 Å². The van der Waals surface area contributed by atoms with Crippen molar-refractivity contribution in [1.29, 1.82) is 0 Å². The smallest absolute Gasteiger partial charge is 0.326 e. The second kappa shape index (κ2) is 8.30. The number of benzene rings is 2. The van der Waals surface area contributed by atoms with Gasteiger partial charge in [0.1, 0.15) is 0 Å². The maximum Gasteiger partial charge on any atom is 0.326 e. The largest absolute Gasteiger partial charge is 0.340 e. The van der Waals surface area contributed by atoms with Gasteiger partial charge in [-0.2, -0.15) is 0 Å². The first-order valence-corrected chi connectivity index (χ1v) is 11.7. The van der Waals surface area contributed by atoms with E-state index in [4.69, 9.17) is 0 Å². The van der Waals surface area contributed by atoms with Crippen LogP contribution in [0.1, 0.15) is 35.1 Å². The number of nitrogens with zero attached hydrogens (tertiary/aromatic N) is 3. The Morgan fingerprint density at radius 3 is 2.27 bits per heavy atom. The van der Waals surface area contributed by atoms with E-state index in [0.717, 1.165) is 35.1 Å². The lowest BCUT2D eigenvalue weighted by molar-refractivity contribution is -0.136. The highest BCUT2D eigenvalue weighted by Gasteiger charge is 2.54. The van der Waals surface area contributed by atoms with E-state index >= 15 is 0 Å². The Morgan fingerprint density at radius 2 is 1.64 bits per heavy atom. The van der Waals surface area contributed by atoms with Crippen molar-refractivity contribution in [2.45, 2.75) is 32.2 Å². The van der Waals surface area contributed by atoms with Crippen molar-refractivity contribution in [1.82, 2.24) is 20.0 Å². The third-order valence-electron chi connectivity index (χ3n) is 7.20. The molecule has 0 bridgehead atoms. The predicted molar refractivity (Wildman–Crippen MR) is 124 cm³/mol. The van der Waals surface area contributed by atoms with Gasteiger partial charge in [-0.1, -0.05) is 48.5 Å². The van der Waals surface area contributed by atoms with Gasteiger partial charge in [0.25, 0.3) is 5.91 Å². The summed E-state index contributed by atoms with van der Waals surface area (Å²) in [5.74, 6) is 0.202. The fourth-order valence-corrected chi connectivity index (χ4v) is 4.82. The maximum atomic E-state index is 13.9. The van der Waals surface area contributed by atoms with Gasteiger partial charge in [0.15, 0.2) is 5.54 Å². The lowest BCUT2D eigenvalue weighted by Gasteiger charge is -2.36. The number of imide groups is 1. The normalized spacial score (nSPS) is 23.7. The molecule has 3 aliphatic rings. The third kappa shape index (κ3) is 3.80. The molecule has 3 fully saturated rings. The Morgan fingerprint density at radius 1 is 0.939 bits per heavy atom. The third-order valence-corrected chi connectivity index (χ3v) is 7.20. The number of urea groups is 1. The van der Waals surface area contributed by atoms with Gasteiger partial charge in [-0.25, -0.2) is 9.69 Å². The molecular weight excluding hydrogens is 416 g/mol. The summed E-state index contributed by atoms with van der Waals surface area (Å²) < 4.78 is 0. The Kier molecular flexibility index (Phi) is 5.44. The quantitative estimate of drug-likeness (QED) is 0.717. The zero-order valence-electron chi connectivity index (χ0n) is 19.2. The van der Waals surface area contributed by atoms with Gasteiger partial charge in [-0.15, -0.1) is 0 Å². The van der Waals surface area contributed by atoms with Crippen LogP contribution in [0, 0.1) is 19.8 Å². The Labute approximate surface area is 194 Å². The Balaban J connectivity index is 1.39. The molecule has 1 atom stereocenters. The van der Waals surface area contributed by atoms with Crippen molar-refractivity contribution in [2.75, 3.05) is 32.8 Å². The van der Waals surface area contributed by atoms with Crippen LogP contribution >= 0.6 is 0 Å². The monoisotopic (exact) mass is 446 g/mol. The molecule has 0 radical (unpaired) electrons. The van der Waals surface area contributed by atoms with Gasteiger partial charge in [0, 0.05) is 32.1 Å². The Hall–Kier alpha value is -3.19. The number of nitrogens with one attached hydrogen (secondary N) is 1. The first-order chi connectivity index (χ1) is 15.9. The summed E-state index contributed by atoms with van der Waals surface area (Å²) in [6, 6.07) is 15.0. The summed E-state index contributed by atoms with van der Waals surface area (Å²) in [6.45, 7) is 6.84. The number of piperazine rings is 1. The first-order valence-electron chi connectivity index (χ1n) is 11.7. The highest BCUT2D eigenvalue weighted by Crippen LogP contribution is 2.37. The van der Waals surface area contributed by atoms with Crippen molar-refractivity contribution < 1.29 is 14.4 Å². The van der Waals surface area contributed by atoms with Crippen LogP contribution in [0.15, 0.2) is 48.5 Å². The molecule has 2 aromatic carbocycles. The molecule has 4 amide bonds. The van der Waals surface area contributed by atoms with Crippen molar-refractivity contribution in [3.05, 3.63) is 70.8 Å². The van der Waals surface area contributed by atoms with Gasteiger partial charge >= 0.3 is 6.03 Å². The second-order valence-corrected chi connectivity index (χ2v) is 9.44. The van der Waals surface area contributed by atoms with E-state index in [9.17, 15) is 14.4 Å². The number of hydrogen-bond donors (Lipinski definition) is 1. The highest BCUT2D eigenvalue weighted by atomic mass is 16.2. The summed E-state index contributed by atoms with van der Waals surface area (Å²) >= 11 is 0. The lowest BCUT2D eigenvalue weighted by Crippen LogP contribution is -2.53. The number of hydrogen-bond acceptors (Lipinski definition) is 4. The predicted octanol–water partition coefficient (Wildman–Crippen LogP) is 2.61.